The third kappa shape index (κ3) is 4.39. The molecular formula is C29H42ClFO5S. The summed E-state index contributed by atoms with van der Waals surface area (Å²) in [5.74, 6) is -1.25. The minimum Gasteiger partial charge on any atom is -0.483 e. The highest BCUT2D eigenvalue weighted by atomic mass is 35.5. The van der Waals surface area contributed by atoms with Gasteiger partial charge in [-0.15, -0.1) is 0 Å². The molecule has 0 unspecified atom stereocenters. The fraction of sp³-hybridized carbons (Fsp3) is 0.828. The lowest BCUT2D eigenvalue weighted by Gasteiger charge is -2.61. The fourth-order valence-electron chi connectivity index (χ4n) is 8.84. The number of ether oxygens (including phenoxy) is 2. The Bertz CT molecular complexity index is 985. The van der Waals surface area contributed by atoms with Crippen molar-refractivity contribution in [1.29, 1.82) is 0 Å². The smallest absolute Gasteiger partial charge is 0.303 e. The van der Waals surface area contributed by atoms with E-state index in [-0.39, 0.29) is 52.4 Å². The maximum Gasteiger partial charge on any atom is 0.303 e. The Balaban J connectivity index is 1.72. The SMILES string of the molecule is CCCCCCOC(=S)[C@@]1(OC(C)=O)[C@@H](C)C[C@H]2[C@@H]3C[C@H](F)C4=C(Cl)C(=O)CC[C@]4(C)[C@H]3[C@@H](O)C[C@@]21C. The van der Waals surface area contributed by atoms with Gasteiger partial charge < -0.3 is 14.6 Å². The van der Waals surface area contributed by atoms with E-state index in [0.717, 1.165) is 25.7 Å². The van der Waals surface area contributed by atoms with Crippen LogP contribution in [0.3, 0.4) is 0 Å². The van der Waals surface area contributed by atoms with Gasteiger partial charge in [-0.3, -0.25) is 9.59 Å². The van der Waals surface area contributed by atoms with Gasteiger partial charge in [-0.1, -0.05) is 58.6 Å². The molecule has 1 N–H and O–H groups in total. The minimum absolute atomic E-state index is 0.0203. The van der Waals surface area contributed by atoms with Crippen LogP contribution in [0.2, 0.25) is 0 Å². The van der Waals surface area contributed by atoms with Crippen LogP contribution in [-0.4, -0.2) is 46.4 Å². The average molecular weight is 557 g/mol. The molecule has 0 spiro atoms. The number of hydrogen-bond acceptors (Lipinski definition) is 6. The second-order valence-electron chi connectivity index (χ2n) is 12.4. The van der Waals surface area contributed by atoms with Gasteiger partial charge in [0.25, 0.3) is 0 Å². The van der Waals surface area contributed by atoms with Crippen LogP contribution >= 0.6 is 23.8 Å². The third-order valence-electron chi connectivity index (χ3n) is 10.3. The molecule has 0 radical (unpaired) electrons. The first-order chi connectivity index (χ1) is 17.3. The zero-order valence-corrected chi connectivity index (χ0v) is 24.4. The molecule has 9 atom stereocenters. The lowest BCUT2D eigenvalue weighted by molar-refractivity contribution is -0.189. The number of halogens is 2. The van der Waals surface area contributed by atoms with Crippen molar-refractivity contribution in [3.63, 3.8) is 0 Å². The van der Waals surface area contributed by atoms with E-state index >= 15 is 4.39 Å². The maximum absolute atomic E-state index is 15.9. The number of allylic oxidation sites excluding steroid dienone is 1. The first kappa shape index (κ1) is 28.9. The number of unbranched alkanes of at least 4 members (excludes halogenated alkanes) is 3. The number of carbonyl (C=O) groups is 2. The van der Waals surface area contributed by atoms with E-state index < -0.39 is 34.7 Å². The van der Waals surface area contributed by atoms with Crippen LogP contribution in [0.4, 0.5) is 4.39 Å². The van der Waals surface area contributed by atoms with Gasteiger partial charge >= 0.3 is 5.97 Å². The van der Waals surface area contributed by atoms with Gasteiger partial charge in [0.05, 0.1) is 17.7 Å². The number of esters is 1. The second-order valence-corrected chi connectivity index (χ2v) is 13.2. The van der Waals surface area contributed by atoms with Crippen LogP contribution < -0.4 is 0 Å². The summed E-state index contributed by atoms with van der Waals surface area (Å²) in [4.78, 5) is 24.9. The van der Waals surface area contributed by atoms with E-state index in [4.69, 9.17) is 33.3 Å². The molecule has 3 saturated carbocycles. The zero-order valence-electron chi connectivity index (χ0n) is 22.8. The third-order valence-corrected chi connectivity index (χ3v) is 11.2. The number of rotatable bonds is 7. The van der Waals surface area contributed by atoms with Crippen LogP contribution in [-0.2, 0) is 19.1 Å². The lowest BCUT2D eigenvalue weighted by atomic mass is 9.45. The molecule has 0 amide bonds. The van der Waals surface area contributed by atoms with E-state index in [1.807, 2.05) is 20.8 Å². The minimum atomic E-state index is -1.35. The first-order valence-electron chi connectivity index (χ1n) is 14.0. The van der Waals surface area contributed by atoms with Gasteiger partial charge in [0.2, 0.25) is 5.05 Å². The molecule has 0 saturated heterocycles. The summed E-state index contributed by atoms with van der Waals surface area (Å²) < 4.78 is 28.2. The summed E-state index contributed by atoms with van der Waals surface area (Å²) >= 11 is 12.3. The highest BCUT2D eigenvalue weighted by Crippen LogP contribution is 2.70. The van der Waals surface area contributed by atoms with Crippen LogP contribution in [0.1, 0.15) is 92.4 Å². The molecule has 5 nitrogen and oxygen atoms in total. The predicted octanol–water partition coefficient (Wildman–Crippen LogP) is 6.48. The Morgan fingerprint density at radius 2 is 1.95 bits per heavy atom. The van der Waals surface area contributed by atoms with Crippen molar-refractivity contribution in [3.8, 4) is 0 Å². The normalized spacial score (nSPS) is 43.1. The molecule has 8 heteroatoms. The summed E-state index contributed by atoms with van der Waals surface area (Å²) in [7, 11) is 0. The molecule has 4 aliphatic rings. The Labute approximate surface area is 230 Å². The summed E-state index contributed by atoms with van der Waals surface area (Å²) in [6.07, 6.45) is 3.95. The summed E-state index contributed by atoms with van der Waals surface area (Å²) in [6.45, 7) is 10.0. The largest absolute Gasteiger partial charge is 0.483 e. The standard InChI is InChI=1S/C29H42ClFO5S/c1-6-7-8-9-12-35-26(37)29(36-17(3)32)16(2)13-19-18-14-20(31)24-25(30)21(33)10-11-27(24,4)23(18)22(34)15-28(19,29)5/h16,18-20,22-23,34H,6-15H2,1-5H3/t16-,18-,19-,20-,22-,23+,27+,28-,29-/m0/s1. The molecule has 0 aromatic heterocycles. The number of aliphatic hydroxyl groups excluding tert-OH is 1. The Morgan fingerprint density at radius 3 is 2.59 bits per heavy atom. The number of carbonyl (C=O) groups excluding carboxylic acids is 2. The van der Waals surface area contributed by atoms with Gasteiger partial charge in [0.1, 0.15) is 6.17 Å². The highest BCUT2D eigenvalue weighted by molar-refractivity contribution is 7.80. The van der Waals surface area contributed by atoms with Crippen molar-refractivity contribution in [2.24, 2.45) is 34.5 Å². The number of thiocarbonyl (C=S) groups is 1. The molecule has 4 aliphatic carbocycles. The lowest BCUT2D eigenvalue weighted by Crippen LogP contribution is -2.64. The number of aliphatic hydroxyl groups is 1. The van der Waals surface area contributed by atoms with E-state index in [0.29, 0.717) is 31.4 Å². The van der Waals surface area contributed by atoms with E-state index in [9.17, 15) is 14.7 Å². The van der Waals surface area contributed by atoms with E-state index in [1.165, 1.54) is 6.92 Å². The molecule has 0 bridgehead atoms. The van der Waals surface area contributed by atoms with E-state index in [1.54, 1.807) is 0 Å². The van der Waals surface area contributed by atoms with Crippen molar-refractivity contribution < 1.29 is 28.6 Å². The quantitative estimate of drug-likeness (QED) is 0.220. The van der Waals surface area contributed by atoms with Crippen molar-refractivity contribution in [2.75, 3.05) is 6.61 Å². The van der Waals surface area contributed by atoms with Gasteiger partial charge in [-0.25, -0.2) is 4.39 Å². The average Bonchev–Trinajstić information content (AvgIpc) is 3.03. The Morgan fingerprint density at radius 1 is 1.24 bits per heavy atom. The molecule has 0 aromatic rings. The number of ketones is 1. The number of alkyl halides is 1. The molecular weight excluding hydrogens is 515 g/mol. The first-order valence-corrected chi connectivity index (χ1v) is 14.8. The van der Waals surface area contributed by atoms with Crippen molar-refractivity contribution in [1.82, 2.24) is 0 Å². The Hall–Kier alpha value is -1.05. The second kappa shape index (κ2) is 10.5. The van der Waals surface area contributed by atoms with Crippen LogP contribution in [0.5, 0.6) is 0 Å². The monoisotopic (exact) mass is 556 g/mol. The van der Waals surface area contributed by atoms with Gasteiger partial charge in [-0.2, -0.15) is 0 Å². The molecule has 0 aliphatic heterocycles. The summed E-state index contributed by atoms with van der Waals surface area (Å²) in [5.41, 5.74) is -2.22. The Kier molecular flexibility index (Phi) is 8.21. The molecule has 3 fully saturated rings. The molecule has 0 aromatic carbocycles. The van der Waals surface area contributed by atoms with Gasteiger partial charge in [0.15, 0.2) is 11.4 Å². The van der Waals surface area contributed by atoms with Gasteiger partial charge in [0, 0.05) is 24.7 Å². The number of fused-ring (bicyclic) bond motifs is 5. The zero-order chi connectivity index (χ0) is 27.3. The van der Waals surface area contributed by atoms with Crippen LogP contribution in [0, 0.1) is 34.5 Å². The molecule has 0 heterocycles. The maximum atomic E-state index is 15.9. The van der Waals surface area contributed by atoms with Crippen LogP contribution in [0.25, 0.3) is 0 Å². The summed E-state index contributed by atoms with van der Waals surface area (Å²) in [5, 5.41) is 12.1. The van der Waals surface area contributed by atoms with Crippen molar-refractivity contribution in [3.05, 3.63) is 10.6 Å². The van der Waals surface area contributed by atoms with Gasteiger partial charge in [-0.05, 0) is 73.1 Å². The molecule has 208 valence electrons. The number of hydrogen-bond donors (Lipinski definition) is 1. The summed E-state index contributed by atoms with van der Waals surface area (Å²) in [6, 6.07) is 0. The topological polar surface area (TPSA) is 72.8 Å². The molecule has 4 rings (SSSR count). The van der Waals surface area contributed by atoms with Crippen molar-refractivity contribution >= 4 is 40.6 Å². The van der Waals surface area contributed by atoms with E-state index in [2.05, 4.69) is 6.92 Å². The fourth-order valence-corrected chi connectivity index (χ4v) is 9.83. The van der Waals surface area contributed by atoms with Crippen molar-refractivity contribution in [2.45, 2.75) is 110 Å². The van der Waals surface area contributed by atoms with Crippen LogP contribution in [0.15, 0.2) is 10.6 Å². The highest BCUT2D eigenvalue weighted by Gasteiger charge is 2.73. The molecule has 37 heavy (non-hydrogen) atoms. The predicted molar refractivity (Wildman–Crippen MR) is 145 cm³/mol. The number of Topliss-reactive ketones (excluding diaryl/α,β-unsaturated/α-hetero) is 1.